The van der Waals surface area contributed by atoms with E-state index in [1.54, 1.807) is 6.07 Å². The number of aliphatic carboxylic acids is 2. The molecular formula is C13H13ClN2Na2O7. The van der Waals surface area contributed by atoms with Gasteiger partial charge in [0.25, 0.3) is 5.91 Å². The van der Waals surface area contributed by atoms with Gasteiger partial charge in [-0.15, -0.1) is 0 Å². The maximum Gasteiger partial charge on any atom is 1.00 e. The van der Waals surface area contributed by atoms with Crippen molar-refractivity contribution in [2.75, 3.05) is 0 Å². The Bertz CT molecular complexity index is 606. The SMILES string of the molecule is N#CCCC(NC(=O)c1ccc(Cl)cc1)(C(=O)[O-])C(=O)[O-].O.O.[Na+].[Na+]. The minimum atomic E-state index is -2.77. The van der Waals surface area contributed by atoms with Gasteiger partial charge in [0.2, 0.25) is 0 Å². The standard InChI is InChI=1S/C13H11ClN2O5.2Na.2H2O/c14-9-4-2-8(3-5-9)10(17)16-13(11(18)19,12(20)21)6-1-7-15;;;;/h2-5H,1,6H2,(H,16,17)(H,18,19)(H,20,21);;;2*1H2/q;2*+1;;/p-2. The number of carboxylic acid groups (broad SMARTS) is 2. The zero-order valence-corrected chi connectivity index (χ0v) is 18.3. The quantitative estimate of drug-likeness (QED) is 0.369. The van der Waals surface area contributed by atoms with Gasteiger partial charge < -0.3 is 36.1 Å². The molecule has 1 amide bonds. The number of nitrogens with one attached hydrogen (secondary N) is 1. The van der Waals surface area contributed by atoms with Gasteiger partial charge in [-0.3, -0.25) is 4.79 Å². The minimum Gasteiger partial charge on any atom is -0.547 e. The van der Waals surface area contributed by atoms with E-state index in [0.29, 0.717) is 5.02 Å². The van der Waals surface area contributed by atoms with Crippen LogP contribution < -0.4 is 74.6 Å². The zero-order valence-electron chi connectivity index (χ0n) is 13.6. The summed E-state index contributed by atoms with van der Waals surface area (Å²) in [4.78, 5) is 34.1. The molecule has 0 atom stereocenters. The third-order valence-electron chi connectivity index (χ3n) is 2.74. The molecule has 25 heavy (non-hydrogen) atoms. The summed E-state index contributed by atoms with van der Waals surface area (Å²) in [6.07, 6.45) is -1.09. The fraction of sp³-hybridized carbons (Fsp3) is 0.231. The number of halogens is 1. The van der Waals surface area contributed by atoms with Gasteiger partial charge in [0.15, 0.2) is 0 Å². The van der Waals surface area contributed by atoms with Crippen LogP contribution in [-0.2, 0) is 9.59 Å². The molecule has 1 aromatic rings. The number of carboxylic acids is 2. The molecule has 0 spiro atoms. The molecule has 0 aliphatic carbocycles. The molecule has 1 rings (SSSR count). The molecule has 0 bridgehead atoms. The molecule has 5 N–H and O–H groups in total. The van der Waals surface area contributed by atoms with Crippen molar-refractivity contribution in [1.29, 1.82) is 5.26 Å². The van der Waals surface area contributed by atoms with Crippen LogP contribution in [0.5, 0.6) is 0 Å². The largest absolute Gasteiger partial charge is 1.00 e. The van der Waals surface area contributed by atoms with Crippen LogP contribution in [0.4, 0.5) is 0 Å². The molecule has 0 unspecified atom stereocenters. The Morgan fingerprint density at radius 3 is 1.88 bits per heavy atom. The monoisotopic (exact) mass is 390 g/mol. The number of nitriles is 1. The summed E-state index contributed by atoms with van der Waals surface area (Å²) in [5.74, 6) is -5.07. The van der Waals surface area contributed by atoms with E-state index in [1.807, 2.05) is 5.32 Å². The molecule has 0 aliphatic rings. The Morgan fingerprint density at radius 1 is 1.08 bits per heavy atom. The van der Waals surface area contributed by atoms with Crippen molar-refractivity contribution in [3.8, 4) is 6.07 Å². The molecule has 0 fully saturated rings. The van der Waals surface area contributed by atoms with Crippen LogP contribution in [0.2, 0.25) is 5.02 Å². The Morgan fingerprint density at radius 2 is 1.52 bits per heavy atom. The normalized spacial score (nSPS) is 8.80. The second-order valence-corrected chi connectivity index (χ2v) is 4.54. The van der Waals surface area contributed by atoms with E-state index in [9.17, 15) is 24.6 Å². The van der Waals surface area contributed by atoms with Gasteiger partial charge in [0.1, 0.15) is 5.54 Å². The number of amides is 1. The Labute approximate surface area is 192 Å². The first-order valence-electron chi connectivity index (χ1n) is 5.71. The van der Waals surface area contributed by atoms with E-state index in [4.69, 9.17) is 16.9 Å². The third-order valence-corrected chi connectivity index (χ3v) is 2.99. The second kappa shape index (κ2) is 14.5. The molecular weight excluding hydrogens is 378 g/mol. The van der Waals surface area contributed by atoms with Crippen molar-refractivity contribution < 1.29 is 94.7 Å². The van der Waals surface area contributed by atoms with Crippen molar-refractivity contribution in [2.24, 2.45) is 0 Å². The third kappa shape index (κ3) is 8.50. The maximum absolute atomic E-state index is 11.9. The minimum absolute atomic E-state index is 0. The van der Waals surface area contributed by atoms with Crippen molar-refractivity contribution in [1.82, 2.24) is 5.32 Å². The van der Waals surface area contributed by atoms with Gasteiger partial charge in [-0.2, -0.15) is 5.26 Å². The molecule has 0 radical (unpaired) electrons. The van der Waals surface area contributed by atoms with Gasteiger partial charge in [-0.25, -0.2) is 0 Å². The average Bonchev–Trinajstić information content (AvgIpc) is 2.43. The molecule has 9 nitrogen and oxygen atoms in total. The van der Waals surface area contributed by atoms with E-state index in [1.165, 1.54) is 24.3 Å². The van der Waals surface area contributed by atoms with Crippen molar-refractivity contribution in [3.63, 3.8) is 0 Å². The summed E-state index contributed by atoms with van der Waals surface area (Å²) >= 11 is 5.64. The van der Waals surface area contributed by atoms with Crippen molar-refractivity contribution in [2.45, 2.75) is 18.4 Å². The van der Waals surface area contributed by atoms with E-state index < -0.39 is 36.2 Å². The first-order valence-corrected chi connectivity index (χ1v) is 6.09. The van der Waals surface area contributed by atoms with Gasteiger partial charge in [0.05, 0.1) is 18.0 Å². The topological polar surface area (TPSA) is 196 Å². The summed E-state index contributed by atoms with van der Waals surface area (Å²) in [7, 11) is 0. The summed E-state index contributed by atoms with van der Waals surface area (Å²) in [5.41, 5.74) is -2.77. The molecule has 0 aliphatic heterocycles. The molecule has 1 aromatic carbocycles. The van der Waals surface area contributed by atoms with Crippen LogP contribution in [-0.4, -0.2) is 34.3 Å². The summed E-state index contributed by atoms with van der Waals surface area (Å²) in [5, 5.41) is 32.9. The second-order valence-electron chi connectivity index (χ2n) is 4.10. The predicted molar refractivity (Wildman–Crippen MR) is 73.7 cm³/mol. The van der Waals surface area contributed by atoms with E-state index in [2.05, 4.69) is 0 Å². The number of hydrogen-bond acceptors (Lipinski definition) is 6. The van der Waals surface area contributed by atoms with Gasteiger partial charge >= 0.3 is 59.1 Å². The van der Waals surface area contributed by atoms with E-state index in [-0.39, 0.29) is 75.6 Å². The number of nitrogens with zero attached hydrogens (tertiary/aromatic N) is 1. The van der Waals surface area contributed by atoms with E-state index in [0.717, 1.165) is 0 Å². The molecule has 0 aromatic heterocycles. The van der Waals surface area contributed by atoms with Gasteiger partial charge in [-0.1, -0.05) is 11.6 Å². The number of carbonyl (C=O) groups is 3. The molecule has 0 saturated carbocycles. The first-order chi connectivity index (χ1) is 9.83. The maximum atomic E-state index is 11.9. The predicted octanol–water partition coefficient (Wildman–Crippen LogP) is -9.03. The van der Waals surface area contributed by atoms with Gasteiger partial charge in [0, 0.05) is 17.0 Å². The molecule has 0 heterocycles. The fourth-order valence-corrected chi connectivity index (χ4v) is 1.69. The molecule has 12 heteroatoms. The molecule has 0 saturated heterocycles. The first kappa shape index (κ1) is 32.0. The number of benzene rings is 1. The zero-order chi connectivity index (χ0) is 16.0. The Balaban J connectivity index is -0.000000551. The van der Waals surface area contributed by atoms with Crippen LogP contribution in [0.3, 0.4) is 0 Å². The average molecular weight is 391 g/mol. The Kier molecular flexibility index (Phi) is 18.6. The fourth-order valence-electron chi connectivity index (χ4n) is 1.56. The smallest absolute Gasteiger partial charge is 0.547 e. The van der Waals surface area contributed by atoms with Crippen LogP contribution in [0.25, 0.3) is 0 Å². The van der Waals surface area contributed by atoms with Crippen molar-refractivity contribution >= 4 is 29.4 Å². The van der Waals surface area contributed by atoms with Crippen LogP contribution >= 0.6 is 11.6 Å². The van der Waals surface area contributed by atoms with Crippen LogP contribution in [0.1, 0.15) is 23.2 Å². The summed E-state index contributed by atoms with van der Waals surface area (Å²) < 4.78 is 0. The summed E-state index contributed by atoms with van der Waals surface area (Å²) in [6.45, 7) is 0. The summed E-state index contributed by atoms with van der Waals surface area (Å²) in [6, 6.07) is 6.94. The molecule has 126 valence electrons. The van der Waals surface area contributed by atoms with Crippen LogP contribution in [0, 0.1) is 11.3 Å². The van der Waals surface area contributed by atoms with Crippen molar-refractivity contribution in [3.05, 3.63) is 34.9 Å². The number of hydrogen-bond donors (Lipinski definition) is 1. The number of rotatable bonds is 6. The van der Waals surface area contributed by atoms with Gasteiger partial charge in [-0.05, 0) is 30.7 Å². The number of carbonyl (C=O) groups excluding carboxylic acids is 3. The Hall–Kier alpha value is -0.670. The van der Waals surface area contributed by atoms with E-state index >= 15 is 0 Å². The van der Waals surface area contributed by atoms with Crippen LogP contribution in [0.15, 0.2) is 24.3 Å².